The quantitative estimate of drug-likeness (QED) is 0.690. The third-order valence-electron chi connectivity index (χ3n) is 4.72. The Morgan fingerprint density at radius 2 is 1.50 bits per heavy atom. The zero-order chi connectivity index (χ0) is 20.8. The summed E-state index contributed by atoms with van der Waals surface area (Å²) in [5, 5.41) is 3.06. The van der Waals surface area contributed by atoms with Crippen molar-refractivity contribution < 1.29 is 14.0 Å². The van der Waals surface area contributed by atoms with Crippen molar-refractivity contribution >= 4 is 23.2 Å². The number of nitrogens with one attached hydrogen (secondary N) is 1. The molecule has 0 unspecified atom stereocenters. The van der Waals surface area contributed by atoms with Crippen LogP contribution in [0.1, 0.15) is 64.0 Å². The van der Waals surface area contributed by atoms with E-state index in [2.05, 4.69) is 33.0 Å². The highest BCUT2D eigenvalue weighted by Gasteiger charge is 2.18. The minimum Gasteiger partial charge on any atom is -0.326 e. The number of amides is 2. The van der Waals surface area contributed by atoms with Crippen molar-refractivity contribution in [2.75, 3.05) is 16.8 Å². The van der Waals surface area contributed by atoms with E-state index in [0.29, 0.717) is 5.69 Å². The molecule has 28 heavy (non-hydrogen) atoms. The fraction of sp³-hybridized carbons (Fsp3) is 0.391. The molecule has 0 heterocycles. The van der Waals surface area contributed by atoms with Crippen LogP contribution in [-0.2, 0) is 9.59 Å². The van der Waals surface area contributed by atoms with Crippen LogP contribution in [-0.4, -0.2) is 18.4 Å². The second kappa shape index (κ2) is 9.49. The standard InChI is InChI=1S/C23H29FN2O2/c1-15(2)20-7-6-8-21(16(3)4)23(20)25-22(28)13-14-26(17(5)27)19-11-9-18(24)10-12-19/h6-12,15-16H,13-14H2,1-5H3,(H,25,28). The van der Waals surface area contributed by atoms with Crippen molar-refractivity contribution in [1.29, 1.82) is 0 Å². The Labute approximate surface area is 166 Å². The molecule has 0 aliphatic carbocycles. The summed E-state index contributed by atoms with van der Waals surface area (Å²) >= 11 is 0. The maximum absolute atomic E-state index is 13.1. The number of hydrogen-bond donors (Lipinski definition) is 1. The van der Waals surface area contributed by atoms with E-state index in [-0.39, 0.29) is 42.4 Å². The Balaban J connectivity index is 2.15. The predicted octanol–water partition coefficient (Wildman–Crippen LogP) is 5.45. The lowest BCUT2D eigenvalue weighted by Gasteiger charge is -2.23. The molecule has 5 heteroatoms. The minimum atomic E-state index is -0.364. The van der Waals surface area contributed by atoms with Crippen LogP contribution in [0.25, 0.3) is 0 Å². The lowest BCUT2D eigenvalue weighted by Crippen LogP contribution is -2.32. The van der Waals surface area contributed by atoms with E-state index < -0.39 is 0 Å². The number of halogens is 1. The Morgan fingerprint density at radius 3 is 1.96 bits per heavy atom. The summed E-state index contributed by atoms with van der Waals surface area (Å²) in [5.74, 6) is -0.145. The second-order valence-electron chi connectivity index (χ2n) is 7.57. The molecule has 2 aromatic rings. The summed E-state index contributed by atoms with van der Waals surface area (Å²) in [6, 6.07) is 11.8. The van der Waals surface area contributed by atoms with Crippen LogP contribution in [0.2, 0.25) is 0 Å². The van der Waals surface area contributed by atoms with Gasteiger partial charge in [-0.25, -0.2) is 4.39 Å². The molecule has 2 amide bonds. The number of nitrogens with zero attached hydrogens (tertiary/aromatic N) is 1. The molecule has 0 fully saturated rings. The van der Waals surface area contributed by atoms with Crippen LogP contribution in [0, 0.1) is 5.82 Å². The SMILES string of the molecule is CC(=O)N(CCC(=O)Nc1c(C(C)C)cccc1C(C)C)c1ccc(F)cc1. The lowest BCUT2D eigenvalue weighted by molar-refractivity contribution is -0.117. The summed E-state index contributed by atoms with van der Waals surface area (Å²) in [7, 11) is 0. The molecule has 0 aliphatic rings. The van der Waals surface area contributed by atoms with E-state index in [1.165, 1.54) is 24.0 Å². The highest BCUT2D eigenvalue weighted by atomic mass is 19.1. The molecule has 0 aliphatic heterocycles. The van der Waals surface area contributed by atoms with Crippen molar-refractivity contribution in [3.05, 3.63) is 59.4 Å². The van der Waals surface area contributed by atoms with Gasteiger partial charge < -0.3 is 10.2 Å². The highest BCUT2D eigenvalue weighted by Crippen LogP contribution is 2.32. The molecule has 2 rings (SSSR count). The first kappa shape index (κ1) is 21.6. The van der Waals surface area contributed by atoms with Crippen LogP contribution in [0.4, 0.5) is 15.8 Å². The van der Waals surface area contributed by atoms with Crippen molar-refractivity contribution in [3.8, 4) is 0 Å². The fourth-order valence-corrected chi connectivity index (χ4v) is 3.20. The van der Waals surface area contributed by atoms with E-state index in [4.69, 9.17) is 0 Å². The van der Waals surface area contributed by atoms with Gasteiger partial charge in [0.1, 0.15) is 5.82 Å². The van der Waals surface area contributed by atoms with Gasteiger partial charge in [-0.2, -0.15) is 0 Å². The molecule has 1 N–H and O–H groups in total. The van der Waals surface area contributed by atoms with Gasteiger partial charge in [-0.3, -0.25) is 9.59 Å². The van der Waals surface area contributed by atoms with Crippen molar-refractivity contribution in [3.63, 3.8) is 0 Å². The fourth-order valence-electron chi connectivity index (χ4n) is 3.20. The van der Waals surface area contributed by atoms with Crippen LogP contribution in [0.5, 0.6) is 0 Å². The molecule has 0 aromatic heterocycles. The third-order valence-corrected chi connectivity index (χ3v) is 4.72. The van der Waals surface area contributed by atoms with Crippen LogP contribution in [0.15, 0.2) is 42.5 Å². The van der Waals surface area contributed by atoms with Gasteiger partial charge in [0.15, 0.2) is 0 Å². The Hall–Kier alpha value is -2.69. The molecule has 0 atom stereocenters. The number of benzene rings is 2. The summed E-state index contributed by atoms with van der Waals surface area (Å²) in [5.41, 5.74) is 3.64. The third kappa shape index (κ3) is 5.41. The lowest BCUT2D eigenvalue weighted by atomic mass is 9.92. The highest BCUT2D eigenvalue weighted by molar-refractivity contribution is 5.95. The van der Waals surface area contributed by atoms with E-state index in [0.717, 1.165) is 16.8 Å². The summed E-state index contributed by atoms with van der Waals surface area (Å²) in [6.07, 6.45) is 0.154. The maximum atomic E-state index is 13.1. The van der Waals surface area contributed by atoms with E-state index in [9.17, 15) is 14.0 Å². The first-order valence-corrected chi connectivity index (χ1v) is 9.67. The zero-order valence-electron chi connectivity index (χ0n) is 17.3. The number of rotatable bonds is 7. The average molecular weight is 384 g/mol. The number of anilines is 2. The number of hydrogen-bond acceptors (Lipinski definition) is 2. The molecule has 0 saturated heterocycles. The Morgan fingerprint density at radius 1 is 0.964 bits per heavy atom. The first-order valence-electron chi connectivity index (χ1n) is 9.67. The Kier molecular flexibility index (Phi) is 7.32. The number of carbonyl (C=O) groups excluding carboxylic acids is 2. The first-order chi connectivity index (χ1) is 13.2. The van der Waals surface area contributed by atoms with Gasteiger partial charge in [0.25, 0.3) is 0 Å². The molecular weight excluding hydrogens is 355 g/mol. The molecule has 2 aromatic carbocycles. The van der Waals surface area contributed by atoms with E-state index in [1.807, 2.05) is 18.2 Å². The molecule has 0 bridgehead atoms. The number of carbonyl (C=O) groups is 2. The monoisotopic (exact) mass is 384 g/mol. The molecule has 0 spiro atoms. The number of para-hydroxylation sites is 1. The molecule has 4 nitrogen and oxygen atoms in total. The van der Waals surface area contributed by atoms with Crippen LogP contribution in [0.3, 0.4) is 0 Å². The summed E-state index contributed by atoms with van der Waals surface area (Å²) in [6.45, 7) is 10.1. The minimum absolute atomic E-state index is 0.150. The molecule has 0 radical (unpaired) electrons. The van der Waals surface area contributed by atoms with Gasteiger partial charge in [-0.1, -0.05) is 45.9 Å². The van der Waals surface area contributed by atoms with Crippen LogP contribution >= 0.6 is 0 Å². The van der Waals surface area contributed by atoms with Crippen molar-refractivity contribution in [2.45, 2.75) is 52.9 Å². The zero-order valence-corrected chi connectivity index (χ0v) is 17.3. The van der Waals surface area contributed by atoms with Gasteiger partial charge in [-0.15, -0.1) is 0 Å². The Bertz CT molecular complexity index is 803. The summed E-state index contributed by atoms with van der Waals surface area (Å²) < 4.78 is 13.1. The normalized spacial score (nSPS) is 11.0. The van der Waals surface area contributed by atoms with Crippen molar-refractivity contribution in [1.82, 2.24) is 0 Å². The van der Waals surface area contributed by atoms with Crippen LogP contribution < -0.4 is 10.2 Å². The van der Waals surface area contributed by atoms with Gasteiger partial charge in [-0.05, 0) is 47.2 Å². The predicted molar refractivity (Wildman–Crippen MR) is 112 cm³/mol. The van der Waals surface area contributed by atoms with E-state index in [1.54, 1.807) is 12.1 Å². The second-order valence-corrected chi connectivity index (χ2v) is 7.57. The molecule has 150 valence electrons. The van der Waals surface area contributed by atoms with E-state index >= 15 is 0 Å². The van der Waals surface area contributed by atoms with Gasteiger partial charge >= 0.3 is 0 Å². The van der Waals surface area contributed by atoms with Gasteiger partial charge in [0.05, 0.1) is 0 Å². The van der Waals surface area contributed by atoms with Gasteiger partial charge in [0, 0.05) is 31.3 Å². The van der Waals surface area contributed by atoms with Gasteiger partial charge in [0.2, 0.25) is 11.8 Å². The molecular formula is C23H29FN2O2. The molecule has 0 saturated carbocycles. The summed E-state index contributed by atoms with van der Waals surface area (Å²) in [4.78, 5) is 26.1. The average Bonchev–Trinajstić information content (AvgIpc) is 2.62. The largest absolute Gasteiger partial charge is 0.326 e. The maximum Gasteiger partial charge on any atom is 0.226 e. The van der Waals surface area contributed by atoms with Crippen molar-refractivity contribution in [2.24, 2.45) is 0 Å². The topological polar surface area (TPSA) is 49.4 Å². The smallest absolute Gasteiger partial charge is 0.226 e.